The van der Waals surface area contributed by atoms with E-state index < -0.39 is 0 Å². The van der Waals surface area contributed by atoms with E-state index in [0.29, 0.717) is 42.3 Å². The van der Waals surface area contributed by atoms with Crippen LogP contribution in [0.15, 0.2) is 53.4 Å². The van der Waals surface area contributed by atoms with Crippen molar-refractivity contribution in [1.29, 1.82) is 0 Å². The first-order valence-electron chi connectivity index (χ1n) is 11.4. The van der Waals surface area contributed by atoms with Gasteiger partial charge in [0.1, 0.15) is 0 Å². The number of rotatable bonds is 11. The maximum atomic E-state index is 13.0. The smallest absolute Gasteiger partial charge is 0.256 e. The number of anilines is 1. The standard InChI is InChI=1S/C25H31N3O4S/c1-2-32-16-8-13-26-24(30)19-9-7-10-20(17-19)27-25(31)21-11-3-4-12-22(21)33-18-23(29)28-14-5-6-15-28/h3-4,7,9-12,17H,2,5-6,8,13-16,18H2,1H3,(H,26,30)(H,27,31). The molecule has 3 amide bonds. The van der Waals surface area contributed by atoms with Gasteiger partial charge in [-0.15, -0.1) is 11.8 Å². The third kappa shape index (κ3) is 7.61. The van der Waals surface area contributed by atoms with Crippen molar-refractivity contribution in [2.24, 2.45) is 0 Å². The summed E-state index contributed by atoms with van der Waals surface area (Å²) >= 11 is 1.38. The second-order valence-electron chi connectivity index (χ2n) is 7.71. The van der Waals surface area contributed by atoms with Gasteiger partial charge in [-0.1, -0.05) is 18.2 Å². The van der Waals surface area contributed by atoms with Crippen molar-refractivity contribution in [2.45, 2.75) is 31.1 Å². The van der Waals surface area contributed by atoms with Crippen LogP contribution in [0.1, 0.15) is 46.9 Å². The molecule has 3 rings (SSSR count). The molecule has 7 nitrogen and oxygen atoms in total. The molecule has 0 aliphatic carbocycles. The molecule has 1 aliphatic rings. The Kier molecular flexibility index (Phi) is 9.77. The van der Waals surface area contributed by atoms with Gasteiger partial charge >= 0.3 is 0 Å². The quantitative estimate of drug-likeness (QED) is 0.386. The number of likely N-dealkylation sites (tertiary alicyclic amines) is 1. The van der Waals surface area contributed by atoms with Crippen molar-refractivity contribution in [1.82, 2.24) is 10.2 Å². The van der Waals surface area contributed by atoms with E-state index in [0.717, 1.165) is 37.2 Å². The number of hydrogen-bond donors (Lipinski definition) is 2. The molecule has 0 bridgehead atoms. The van der Waals surface area contributed by atoms with Gasteiger partial charge in [-0.2, -0.15) is 0 Å². The normalized spacial score (nSPS) is 13.1. The number of benzene rings is 2. The molecule has 8 heteroatoms. The third-order valence-electron chi connectivity index (χ3n) is 5.28. The summed E-state index contributed by atoms with van der Waals surface area (Å²) in [4.78, 5) is 40.4. The minimum atomic E-state index is -0.277. The average Bonchev–Trinajstić information content (AvgIpc) is 3.38. The van der Waals surface area contributed by atoms with Gasteiger partial charge in [0.2, 0.25) is 5.91 Å². The Morgan fingerprint density at radius 1 is 1.03 bits per heavy atom. The van der Waals surface area contributed by atoms with Gasteiger partial charge in [-0.3, -0.25) is 14.4 Å². The molecule has 0 spiro atoms. The summed E-state index contributed by atoms with van der Waals surface area (Å²) in [6, 6.07) is 14.1. The molecule has 2 N–H and O–H groups in total. The molecule has 1 saturated heterocycles. The van der Waals surface area contributed by atoms with E-state index >= 15 is 0 Å². The number of thioether (sulfide) groups is 1. The van der Waals surface area contributed by atoms with Gasteiger partial charge < -0.3 is 20.3 Å². The highest BCUT2D eigenvalue weighted by Crippen LogP contribution is 2.25. The van der Waals surface area contributed by atoms with E-state index in [2.05, 4.69) is 10.6 Å². The van der Waals surface area contributed by atoms with Crippen molar-refractivity contribution in [3.8, 4) is 0 Å². The highest BCUT2D eigenvalue weighted by molar-refractivity contribution is 8.00. The molecular formula is C25H31N3O4S. The number of nitrogens with one attached hydrogen (secondary N) is 2. The van der Waals surface area contributed by atoms with Crippen molar-refractivity contribution >= 4 is 35.2 Å². The van der Waals surface area contributed by atoms with Gasteiger partial charge in [-0.25, -0.2) is 0 Å². The van der Waals surface area contributed by atoms with Crippen LogP contribution in [0.5, 0.6) is 0 Å². The molecule has 1 fully saturated rings. The lowest BCUT2D eigenvalue weighted by Crippen LogP contribution is -2.29. The maximum Gasteiger partial charge on any atom is 0.256 e. The topological polar surface area (TPSA) is 87.7 Å². The maximum absolute atomic E-state index is 13.0. The molecule has 176 valence electrons. The molecular weight excluding hydrogens is 438 g/mol. The van der Waals surface area contributed by atoms with E-state index in [4.69, 9.17) is 4.74 Å². The Balaban J connectivity index is 1.58. The van der Waals surface area contributed by atoms with Gasteiger partial charge in [0.05, 0.1) is 11.3 Å². The first-order chi connectivity index (χ1) is 16.1. The molecule has 0 radical (unpaired) electrons. The molecule has 2 aromatic carbocycles. The number of carbonyl (C=O) groups excluding carboxylic acids is 3. The summed E-state index contributed by atoms with van der Waals surface area (Å²) in [6.45, 7) is 5.36. The number of nitrogens with zero attached hydrogens (tertiary/aromatic N) is 1. The van der Waals surface area contributed by atoms with Gasteiger partial charge in [0.15, 0.2) is 0 Å². The van der Waals surface area contributed by atoms with E-state index in [1.807, 2.05) is 24.0 Å². The minimum absolute atomic E-state index is 0.104. The van der Waals surface area contributed by atoms with Crippen LogP contribution < -0.4 is 10.6 Å². The van der Waals surface area contributed by atoms with E-state index in [1.165, 1.54) is 11.8 Å². The highest BCUT2D eigenvalue weighted by atomic mass is 32.2. The molecule has 0 atom stereocenters. The molecule has 2 aromatic rings. The third-order valence-corrected chi connectivity index (χ3v) is 6.34. The second-order valence-corrected chi connectivity index (χ2v) is 8.73. The Morgan fingerprint density at radius 2 is 1.82 bits per heavy atom. The Hall–Kier alpha value is -2.84. The SMILES string of the molecule is CCOCCCNC(=O)c1cccc(NC(=O)c2ccccc2SCC(=O)N2CCCC2)c1. The van der Waals surface area contributed by atoms with Crippen LogP contribution in [0.2, 0.25) is 0 Å². The monoisotopic (exact) mass is 469 g/mol. The lowest BCUT2D eigenvalue weighted by Gasteiger charge is -2.15. The fraction of sp³-hybridized carbons (Fsp3) is 0.400. The summed E-state index contributed by atoms with van der Waals surface area (Å²) in [5, 5.41) is 5.73. The van der Waals surface area contributed by atoms with E-state index in [1.54, 1.807) is 36.4 Å². The summed E-state index contributed by atoms with van der Waals surface area (Å²) in [5.74, 6) is -0.0591. The Morgan fingerprint density at radius 3 is 2.61 bits per heavy atom. The second kappa shape index (κ2) is 13.0. The van der Waals surface area contributed by atoms with Crippen molar-refractivity contribution in [3.05, 3.63) is 59.7 Å². The Bertz CT molecular complexity index is 960. The summed E-state index contributed by atoms with van der Waals surface area (Å²) < 4.78 is 5.27. The zero-order valence-corrected chi connectivity index (χ0v) is 19.8. The first-order valence-corrected chi connectivity index (χ1v) is 12.3. The Labute approximate surface area is 199 Å². The minimum Gasteiger partial charge on any atom is -0.382 e. The predicted molar refractivity (Wildman–Crippen MR) is 131 cm³/mol. The van der Waals surface area contributed by atoms with Gasteiger partial charge in [0, 0.05) is 49.0 Å². The summed E-state index contributed by atoms with van der Waals surface area (Å²) in [6.07, 6.45) is 2.85. The summed E-state index contributed by atoms with van der Waals surface area (Å²) in [5.41, 5.74) is 1.51. The largest absolute Gasteiger partial charge is 0.382 e. The fourth-order valence-corrected chi connectivity index (χ4v) is 4.49. The van der Waals surface area contributed by atoms with Crippen LogP contribution in [0.25, 0.3) is 0 Å². The first kappa shape index (κ1) is 24.8. The number of hydrogen-bond acceptors (Lipinski definition) is 5. The number of amides is 3. The van der Waals surface area contributed by atoms with Crippen LogP contribution in [0, 0.1) is 0 Å². The lowest BCUT2D eigenvalue weighted by atomic mass is 10.1. The van der Waals surface area contributed by atoms with Crippen LogP contribution in [0.3, 0.4) is 0 Å². The van der Waals surface area contributed by atoms with Crippen LogP contribution in [0.4, 0.5) is 5.69 Å². The van der Waals surface area contributed by atoms with Crippen molar-refractivity contribution < 1.29 is 19.1 Å². The van der Waals surface area contributed by atoms with E-state index in [9.17, 15) is 14.4 Å². The molecule has 1 aliphatic heterocycles. The molecule has 0 aromatic heterocycles. The average molecular weight is 470 g/mol. The molecule has 33 heavy (non-hydrogen) atoms. The van der Waals surface area contributed by atoms with Crippen LogP contribution in [-0.4, -0.2) is 61.2 Å². The summed E-state index contributed by atoms with van der Waals surface area (Å²) in [7, 11) is 0. The van der Waals surface area contributed by atoms with E-state index in [-0.39, 0.29) is 17.7 Å². The molecule has 0 unspecified atom stereocenters. The zero-order valence-electron chi connectivity index (χ0n) is 19.0. The molecule has 1 heterocycles. The van der Waals surface area contributed by atoms with Crippen molar-refractivity contribution in [2.75, 3.05) is 43.9 Å². The fourth-order valence-electron chi connectivity index (χ4n) is 3.54. The number of carbonyl (C=O) groups is 3. The number of ether oxygens (including phenoxy) is 1. The van der Waals surface area contributed by atoms with Crippen LogP contribution >= 0.6 is 11.8 Å². The highest BCUT2D eigenvalue weighted by Gasteiger charge is 2.19. The zero-order chi connectivity index (χ0) is 23.5. The van der Waals surface area contributed by atoms with Gasteiger partial charge in [0.25, 0.3) is 11.8 Å². The van der Waals surface area contributed by atoms with Crippen molar-refractivity contribution in [3.63, 3.8) is 0 Å². The van der Waals surface area contributed by atoms with Crippen LogP contribution in [-0.2, 0) is 9.53 Å². The molecule has 0 saturated carbocycles. The lowest BCUT2D eigenvalue weighted by molar-refractivity contribution is -0.127. The van der Waals surface area contributed by atoms with Gasteiger partial charge in [-0.05, 0) is 56.5 Å². The predicted octanol–water partition coefficient (Wildman–Crippen LogP) is 3.81.